The summed E-state index contributed by atoms with van der Waals surface area (Å²) < 4.78 is 6.35. The minimum atomic E-state index is -0.616. The summed E-state index contributed by atoms with van der Waals surface area (Å²) in [6.07, 6.45) is 5.15. The molecule has 218 valence electrons. The van der Waals surface area contributed by atoms with Crippen molar-refractivity contribution in [1.29, 1.82) is 0 Å². The van der Waals surface area contributed by atoms with Gasteiger partial charge < -0.3 is 14.7 Å². The molecular formula is C33H36N4O5. The number of carbonyl (C=O) groups excluding carboxylic acids is 3. The first-order valence-corrected chi connectivity index (χ1v) is 15.1. The molecule has 1 aromatic heterocycles. The van der Waals surface area contributed by atoms with E-state index >= 15 is 0 Å². The summed E-state index contributed by atoms with van der Waals surface area (Å²) in [5.74, 6) is 0.315. The normalized spacial score (nSPS) is 26.5. The van der Waals surface area contributed by atoms with Crippen LogP contribution >= 0.6 is 0 Å². The lowest BCUT2D eigenvalue weighted by Gasteiger charge is -2.29. The summed E-state index contributed by atoms with van der Waals surface area (Å²) in [6.45, 7) is 2.95. The van der Waals surface area contributed by atoms with Gasteiger partial charge in [0.15, 0.2) is 0 Å². The lowest BCUT2D eigenvalue weighted by Crippen LogP contribution is -2.52. The fraction of sp³-hybridized carbons (Fsp3) is 0.455. The Labute approximate surface area is 244 Å². The van der Waals surface area contributed by atoms with Gasteiger partial charge in [0.2, 0.25) is 11.8 Å². The van der Waals surface area contributed by atoms with E-state index in [9.17, 15) is 19.5 Å². The molecule has 1 aliphatic carbocycles. The molecular weight excluding hydrogens is 532 g/mol. The van der Waals surface area contributed by atoms with Crippen LogP contribution in [0.2, 0.25) is 0 Å². The molecule has 4 heterocycles. The molecule has 9 nitrogen and oxygen atoms in total. The number of rotatable bonds is 6. The third kappa shape index (κ3) is 5.39. The van der Waals surface area contributed by atoms with Crippen molar-refractivity contribution < 1.29 is 24.2 Å². The van der Waals surface area contributed by atoms with E-state index in [1.165, 1.54) is 5.56 Å². The molecule has 3 aromatic rings. The number of amides is 3. The van der Waals surface area contributed by atoms with Crippen LogP contribution in [-0.4, -0.2) is 69.0 Å². The number of piperidine rings is 1. The molecule has 2 unspecified atom stereocenters. The van der Waals surface area contributed by atoms with Gasteiger partial charge in [0.05, 0.1) is 11.6 Å². The largest absolute Gasteiger partial charge is 0.489 e. The Hall–Kier alpha value is -3.82. The number of hydrogen-bond acceptors (Lipinski definition) is 7. The summed E-state index contributed by atoms with van der Waals surface area (Å²) in [5, 5.41) is 13.3. The van der Waals surface area contributed by atoms with Crippen molar-refractivity contribution >= 4 is 28.6 Å². The highest BCUT2D eigenvalue weighted by atomic mass is 16.5. The molecule has 4 aliphatic rings. The number of ether oxygens (including phenoxy) is 1. The second-order valence-corrected chi connectivity index (χ2v) is 12.3. The van der Waals surface area contributed by atoms with Crippen molar-refractivity contribution in [3.05, 3.63) is 70.9 Å². The molecule has 2 atom stereocenters. The average molecular weight is 569 g/mol. The zero-order valence-corrected chi connectivity index (χ0v) is 23.6. The van der Waals surface area contributed by atoms with E-state index in [1.54, 1.807) is 11.0 Å². The molecule has 3 amide bonds. The van der Waals surface area contributed by atoms with Crippen molar-refractivity contribution in [2.75, 3.05) is 13.1 Å². The van der Waals surface area contributed by atoms with E-state index in [0.29, 0.717) is 24.4 Å². The third-order valence-corrected chi connectivity index (χ3v) is 9.32. The van der Waals surface area contributed by atoms with Gasteiger partial charge in [0.1, 0.15) is 17.9 Å². The zero-order chi connectivity index (χ0) is 28.8. The predicted octanol–water partition coefficient (Wildman–Crippen LogP) is 3.67. The predicted molar refractivity (Wildman–Crippen MR) is 156 cm³/mol. The second kappa shape index (κ2) is 11.1. The number of benzene rings is 2. The smallest absolute Gasteiger partial charge is 0.255 e. The van der Waals surface area contributed by atoms with Crippen LogP contribution < -0.4 is 10.1 Å². The van der Waals surface area contributed by atoms with Crippen LogP contribution in [0.3, 0.4) is 0 Å². The van der Waals surface area contributed by atoms with Crippen molar-refractivity contribution in [1.82, 2.24) is 20.1 Å². The molecule has 9 heteroatoms. The number of aliphatic hydroxyl groups excluding tert-OH is 1. The Balaban J connectivity index is 0.953. The SMILES string of the molecule is O=C1CCC(N2Cc3cc(OC4CCN(Cc5ccc6nc(C7CCC(O)CC7)ccc6c5)C4)ccc3C2=O)C(=O)N1. The van der Waals surface area contributed by atoms with E-state index < -0.39 is 11.9 Å². The van der Waals surface area contributed by atoms with Gasteiger partial charge in [0.25, 0.3) is 5.91 Å². The Bertz CT molecular complexity index is 1550. The second-order valence-electron chi connectivity index (χ2n) is 12.3. The van der Waals surface area contributed by atoms with E-state index in [2.05, 4.69) is 40.5 Å². The molecule has 7 rings (SSSR count). The lowest BCUT2D eigenvalue weighted by molar-refractivity contribution is -0.136. The average Bonchev–Trinajstić information content (AvgIpc) is 3.56. The number of fused-ring (bicyclic) bond motifs is 2. The maximum Gasteiger partial charge on any atom is 0.255 e. The molecule has 3 fully saturated rings. The summed E-state index contributed by atoms with van der Waals surface area (Å²) >= 11 is 0. The first-order chi connectivity index (χ1) is 20.4. The van der Waals surface area contributed by atoms with E-state index in [4.69, 9.17) is 9.72 Å². The highest BCUT2D eigenvalue weighted by molar-refractivity contribution is 6.05. The summed E-state index contributed by atoms with van der Waals surface area (Å²) in [6, 6.07) is 15.8. The topological polar surface area (TPSA) is 112 Å². The van der Waals surface area contributed by atoms with Crippen LogP contribution in [0, 0.1) is 0 Å². The van der Waals surface area contributed by atoms with Crippen LogP contribution in [0.5, 0.6) is 5.75 Å². The Kier molecular flexibility index (Phi) is 7.15. The lowest BCUT2D eigenvalue weighted by atomic mass is 9.85. The molecule has 1 saturated carbocycles. The van der Waals surface area contributed by atoms with Gasteiger partial charge in [-0.15, -0.1) is 0 Å². The minimum Gasteiger partial charge on any atom is -0.489 e. The third-order valence-electron chi connectivity index (χ3n) is 9.32. The maximum atomic E-state index is 13.0. The van der Waals surface area contributed by atoms with Crippen molar-refractivity contribution in [2.24, 2.45) is 0 Å². The molecule has 3 aliphatic heterocycles. The molecule has 42 heavy (non-hydrogen) atoms. The van der Waals surface area contributed by atoms with Crippen LogP contribution in [0.1, 0.15) is 78.0 Å². The fourth-order valence-electron chi connectivity index (χ4n) is 7.00. The van der Waals surface area contributed by atoms with Crippen LogP contribution in [0.15, 0.2) is 48.5 Å². The van der Waals surface area contributed by atoms with Gasteiger partial charge in [-0.25, -0.2) is 0 Å². The van der Waals surface area contributed by atoms with E-state index in [1.807, 2.05) is 12.1 Å². The fourth-order valence-corrected chi connectivity index (χ4v) is 7.00. The molecule has 2 aromatic carbocycles. The van der Waals surface area contributed by atoms with Crippen LogP contribution in [-0.2, 0) is 22.7 Å². The number of nitrogens with one attached hydrogen (secondary N) is 1. The number of aromatic nitrogens is 1. The minimum absolute atomic E-state index is 0.0603. The number of nitrogens with zero attached hydrogens (tertiary/aromatic N) is 3. The van der Waals surface area contributed by atoms with Crippen LogP contribution in [0.25, 0.3) is 10.9 Å². The molecule has 0 spiro atoms. The van der Waals surface area contributed by atoms with Crippen molar-refractivity contribution in [3.63, 3.8) is 0 Å². The van der Waals surface area contributed by atoms with Gasteiger partial charge >= 0.3 is 0 Å². The Morgan fingerprint density at radius 2 is 1.81 bits per heavy atom. The van der Waals surface area contributed by atoms with Gasteiger partial charge in [-0.2, -0.15) is 0 Å². The zero-order valence-electron chi connectivity index (χ0n) is 23.6. The number of aliphatic hydroxyl groups is 1. The Morgan fingerprint density at radius 3 is 2.64 bits per heavy atom. The van der Waals surface area contributed by atoms with Crippen molar-refractivity contribution in [2.45, 2.75) is 82.2 Å². The molecule has 0 radical (unpaired) electrons. The van der Waals surface area contributed by atoms with Gasteiger partial charge in [-0.3, -0.25) is 29.6 Å². The van der Waals surface area contributed by atoms with Crippen LogP contribution in [0.4, 0.5) is 0 Å². The quantitative estimate of drug-likeness (QED) is 0.437. The van der Waals surface area contributed by atoms with Gasteiger partial charge in [-0.1, -0.05) is 12.1 Å². The molecule has 0 bridgehead atoms. The number of likely N-dealkylation sites (tertiary alicyclic amines) is 1. The standard InChI is InChI=1S/C33H36N4O5/c38-24-5-2-21(3-6-24)28-10-4-22-15-20(1-9-29(22)34-28)17-36-14-13-26(19-36)42-25-7-8-27-23(16-25)18-37(33(27)41)30-11-12-31(39)35-32(30)40/h1,4,7-10,15-16,21,24,26,30,38H,2-3,5-6,11-14,17-19H2,(H,35,39,40). The highest BCUT2D eigenvalue weighted by Crippen LogP contribution is 2.34. The van der Waals surface area contributed by atoms with E-state index in [0.717, 1.165) is 79.6 Å². The number of pyridine rings is 1. The number of imide groups is 1. The maximum absolute atomic E-state index is 13.0. The number of hydrogen-bond donors (Lipinski definition) is 2. The van der Waals surface area contributed by atoms with Gasteiger partial charge in [-0.05, 0) is 86.1 Å². The summed E-state index contributed by atoms with van der Waals surface area (Å²) in [5.41, 5.74) is 4.86. The first-order valence-electron chi connectivity index (χ1n) is 15.1. The summed E-state index contributed by atoms with van der Waals surface area (Å²) in [7, 11) is 0. The molecule has 2 saturated heterocycles. The van der Waals surface area contributed by atoms with E-state index in [-0.39, 0.29) is 30.4 Å². The summed E-state index contributed by atoms with van der Waals surface area (Å²) in [4.78, 5) is 45.8. The Morgan fingerprint density at radius 1 is 0.952 bits per heavy atom. The highest BCUT2D eigenvalue weighted by Gasteiger charge is 2.39. The molecule has 2 N–H and O–H groups in total. The first kappa shape index (κ1) is 27.0. The number of carbonyl (C=O) groups is 3. The van der Waals surface area contributed by atoms with Gasteiger partial charge in [0, 0.05) is 55.2 Å². The van der Waals surface area contributed by atoms with Crippen molar-refractivity contribution in [3.8, 4) is 5.75 Å². The monoisotopic (exact) mass is 568 g/mol.